The van der Waals surface area contributed by atoms with Crippen molar-refractivity contribution in [3.05, 3.63) is 96.2 Å². The fourth-order valence-electron chi connectivity index (χ4n) is 4.11. The van der Waals surface area contributed by atoms with Gasteiger partial charge in [0.05, 0.1) is 0 Å². The van der Waals surface area contributed by atoms with E-state index in [0.29, 0.717) is 5.56 Å². The molecule has 0 spiro atoms. The van der Waals surface area contributed by atoms with Gasteiger partial charge in [0.1, 0.15) is 5.82 Å². The third-order valence-corrected chi connectivity index (χ3v) is 5.90. The number of nitrogens with zero attached hydrogens (tertiary/aromatic N) is 3. The molecule has 0 radical (unpaired) electrons. The van der Waals surface area contributed by atoms with Gasteiger partial charge in [0, 0.05) is 41.8 Å². The summed E-state index contributed by atoms with van der Waals surface area (Å²) in [6, 6.07) is 27.3. The van der Waals surface area contributed by atoms with Crippen LogP contribution in [0.4, 0.5) is 23.1 Å². The molecule has 1 aromatic heterocycles. The number of benzene rings is 3. The molecule has 1 amide bonds. The largest absolute Gasteiger partial charge is 0.341 e. The number of hydrogen-bond donors (Lipinski definition) is 2. The van der Waals surface area contributed by atoms with Gasteiger partial charge in [-0.15, -0.1) is 0 Å². The molecular weight excluding hydrogens is 422 g/mol. The number of carbonyl (C=O) groups excluding carboxylic acids is 1. The van der Waals surface area contributed by atoms with Crippen molar-refractivity contribution < 1.29 is 4.79 Å². The van der Waals surface area contributed by atoms with E-state index >= 15 is 0 Å². The molecule has 5 rings (SSSR count). The first-order valence-corrected chi connectivity index (χ1v) is 11.6. The minimum Gasteiger partial charge on any atom is -0.341 e. The van der Waals surface area contributed by atoms with Crippen LogP contribution in [-0.4, -0.2) is 29.0 Å². The van der Waals surface area contributed by atoms with Crippen LogP contribution in [0.5, 0.6) is 0 Å². The summed E-state index contributed by atoms with van der Waals surface area (Å²) in [6.45, 7) is 4.00. The second-order valence-electron chi connectivity index (χ2n) is 8.49. The molecule has 4 aromatic rings. The maximum atomic E-state index is 12.7. The molecule has 1 aliphatic rings. The van der Waals surface area contributed by atoms with Gasteiger partial charge in [0.2, 0.25) is 5.95 Å². The van der Waals surface area contributed by atoms with Gasteiger partial charge >= 0.3 is 0 Å². The van der Waals surface area contributed by atoms with Crippen molar-refractivity contribution in [2.75, 3.05) is 28.6 Å². The van der Waals surface area contributed by atoms with Gasteiger partial charge < -0.3 is 15.5 Å². The lowest BCUT2D eigenvalue weighted by atomic mass is 10.0. The fraction of sp³-hybridized carbons (Fsp3) is 0.179. The summed E-state index contributed by atoms with van der Waals surface area (Å²) in [4.78, 5) is 24.2. The lowest BCUT2D eigenvalue weighted by Gasteiger charge is -2.17. The molecule has 34 heavy (non-hydrogen) atoms. The molecule has 0 aliphatic carbocycles. The molecule has 1 aliphatic heterocycles. The van der Waals surface area contributed by atoms with Gasteiger partial charge in [-0.05, 0) is 67.3 Å². The first-order chi connectivity index (χ1) is 16.6. The Morgan fingerprint density at radius 3 is 2.15 bits per heavy atom. The van der Waals surface area contributed by atoms with Crippen molar-refractivity contribution >= 4 is 29.0 Å². The number of amides is 1. The molecule has 6 nitrogen and oxygen atoms in total. The molecule has 1 fully saturated rings. The minimum atomic E-state index is -0.137. The molecule has 2 heterocycles. The molecule has 6 heteroatoms. The Balaban J connectivity index is 1.23. The highest BCUT2D eigenvalue weighted by molar-refractivity contribution is 6.04. The van der Waals surface area contributed by atoms with E-state index in [1.54, 1.807) is 0 Å². The van der Waals surface area contributed by atoms with Crippen molar-refractivity contribution in [2.45, 2.75) is 19.8 Å². The number of aryl methyl sites for hydroxylation is 1. The summed E-state index contributed by atoms with van der Waals surface area (Å²) in [5.41, 5.74) is 5.40. The van der Waals surface area contributed by atoms with Gasteiger partial charge in [-0.2, -0.15) is 4.98 Å². The summed E-state index contributed by atoms with van der Waals surface area (Å²) in [7, 11) is 0. The van der Waals surface area contributed by atoms with E-state index in [-0.39, 0.29) is 5.91 Å². The quantitative estimate of drug-likeness (QED) is 0.375. The van der Waals surface area contributed by atoms with Crippen LogP contribution in [0.2, 0.25) is 0 Å². The Kier molecular flexibility index (Phi) is 6.21. The van der Waals surface area contributed by atoms with Crippen LogP contribution in [0.25, 0.3) is 11.1 Å². The molecular formula is C28H27N5O. The molecule has 2 N–H and O–H groups in total. The van der Waals surface area contributed by atoms with Crippen molar-refractivity contribution in [2.24, 2.45) is 0 Å². The first kappa shape index (κ1) is 21.6. The average molecular weight is 450 g/mol. The summed E-state index contributed by atoms with van der Waals surface area (Å²) < 4.78 is 0. The molecule has 0 unspecified atom stereocenters. The fourth-order valence-corrected chi connectivity index (χ4v) is 4.11. The molecule has 3 aromatic carbocycles. The molecule has 0 atom stereocenters. The van der Waals surface area contributed by atoms with Crippen LogP contribution in [-0.2, 0) is 0 Å². The van der Waals surface area contributed by atoms with Crippen LogP contribution in [0.15, 0.2) is 84.9 Å². The van der Waals surface area contributed by atoms with Gasteiger partial charge in [-0.1, -0.05) is 42.5 Å². The zero-order chi connectivity index (χ0) is 23.3. The number of carbonyl (C=O) groups is 1. The Hall–Kier alpha value is -4.19. The lowest BCUT2D eigenvalue weighted by molar-refractivity contribution is 0.102. The van der Waals surface area contributed by atoms with Crippen molar-refractivity contribution in [1.29, 1.82) is 0 Å². The highest BCUT2D eigenvalue weighted by atomic mass is 16.1. The molecule has 0 bridgehead atoms. The summed E-state index contributed by atoms with van der Waals surface area (Å²) >= 11 is 0. The maximum Gasteiger partial charge on any atom is 0.255 e. The Bertz CT molecular complexity index is 1260. The summed E-state index contributed by atoms with van der Waals surface area (Å²) in [5.74, 6) is 1.41. The third kappa shape index (κ3) is 5.07. The number of nitrogens with one attached hydrogen (secondary N) is 2. The number of rotatable bonds is 6. The predicted molar refractivity (Wildman–Crippen MR) is 138 cm³/mol. The second-order valence-corrected chi connectivity index (χ2v) is 8.49. The summed E-state index contributed by atoms with van der Waals surface area (Å²) in [5, 5.41) is 6.32. The first-order valence-electron chi connectivity index (χ1n) is 11.6. The van der Waals surface area contributed by atoms with Crippen molar-refractivity contribution in [3.63, 3.8) is 0 Å². The Morgan fingerprint density at radius 1 is 0.794 bits per heavy atom. The maximum absolute atomic E-state index is 12.7. The standard InChI is InChI=1S/C28H27N5O/c1-20-19-26(32-28(29-20)33-17-5-6-18-33)30-24-13-15-25(16-14-24)31-27(34)23-11-9-22(10-12-23)21-7-3-2-4-8-21/h2-4,7-16,19H,5-6,17-18H2,1H3,(H,31,34)(H,29,30,32). The van der Waals surface area contributed by atoms with E-state index in [2.05, 4.69) is 37.6 Å². The van der Waals surface area contributed by atoms with Crippen molar-refractivity contribution in [3.8, 4) is 11.1 Å². The number of aromatic nitrogens is 2. The monoisotopic (exact) mass is 449 g/mol. The van der Waals surface area contributed by atoms with E-state index in [9.17, 15) is 4.79 Å². The Labute approximate surface area is 199 Å². The van der Waals surface area contributed by atoms with Crippen molar-refractivity contribution in [1.82, 2.24) is 9.97 Å². The third-order valence-electron chi connectivity index (χ3n) is 5.90. The Morgan fingerprint density at radius 2 is 1.44 bits per heavy atom. The molecule has 170 valence electrons. The smallest absolute Gasteiger partial charge is 0.255 e. The minimum absolute atomic E-state index is 0.137. The van der Waals surface area contributed by atoms with E-state index in [0.717, 1.165) is 53.1 Å². The SMILES string of the molecule is Cc1cc(Nc2ccc(NC(=O)c3ccc(-c4ccccc4)cc3)cc2)nc(N2CCCC2)n1. The van der Waals surface area contributed by atoms with Crippen LogP contribution in [0.1, 0.15) is 28.9 Å². The topological polar surface area (TPSA) is 70.2 Å². The summed E-state index contributed by atoms with van der Waals surface area (Å²) in [6.07, 6.45) is 2.37. The van der Waals surface area contributed by atoms with E-state index in [1.165, 1.54) is 12.8 Å². The van der Waals surface area contributed by atoms with Crippen LogP contribution in [0.3, 0.4) is 0 Å². The van der Waals surface area contributed by atoms with Gasteiger partial charge in [-0.25, -0.2) is 4.98 Å². The number of hydrogen-bond acceptors (Lipinski definition) is 5. The van der Waals surface area contributed by atoms with Crippen LogP contribution < -0.4 is 15.5 Å². The van der Waals surface area contributed by atoms with E-state index in [1.807, 2.05) is 79.7 Å². The average Bonchev–Trinajstić information content (AvgIpc) is 3.41. The highest BCUT2D eigenvalue weighted by Gasteiger charge is 2.16. The second kappa shape index (κ2) is 9.75. The van der Waals surface area contributed by atoms with E-state index in [4.69, 9.17) is 0 Å². The van der Waals surface area contributed by atoms with Gasteiger partial charge in [0.15, 0.2) is 0 Å². The zero-order valence-electron chi connectivity index (χ0n) is 19.2. The normalized spacial score (nSPS) is 13.0. The number of anilines is 4. The lowest BCUT2D eigenvalue weighted by Crippen LogP contribution is -2.21. The van der Waals surface area contributed by atoms with Crippen LogP contribution in [0, 0.1) is 6.92 Å². The van der Waals surface area contributed by atoms with Crippen LogP contribution >= 0.6 is 0 Å². The zero-order valence-corrected chi connectivity index (χ0v) is 19.2. The highest BCUT2D eigenvalue weighted by Crippen LogP contribution is 2.23. The molecule has 0 saturated carbocycles. The van der Waals surface area contributed by atoms with Gasteiger partial charge in [-0.3, -0.25) is 4.79 Å². The van der Waals surface area contributed by atoms with Gasteiger partial charge in [0.25, 0.3) is 5.91 Å². The van der Waals surface area contributed by atoms with E-state index < -0.39 is 0 Å². The predicted octanol–water partition coefficient (Wildman–Crippen LogP) is 6.05. The molecule has 1 saturated heterocycles.